The van der Waals surface area contributed by atoms with Crippen molar-refractivity contribution in [3.63, 3.8) is 0 Å². The highest BCUT2D eigenvalue weighted by Gasteiger charge is 2.16. The van der Waals surface area contributed by atoms with E-state index >= 15 is 0 Å². The summed E-state index contributed by atoms with van der Waals surface area (Å²) < 4.78 is 10.9. The van der Waals surface area contributed by atoms with E-state index in [4.69, 9.17) is 9.47 Å². The predicted octanol–water partition coefficient (Wildman–Crippen LogP) is 3.92. The molecule has 0 aliphatic heterocycles. The number of halogens is 1. The van der Waals surface area contributed by atoms with Gasteiger partial charge in [0.15, 0.2) is 5.01 Å². The van der Waals surface area contributed by atoms with Crippen molar-refractivity contribution in [2.24, 2.45) is 0 Å². The zero-order valence-electron chi connectivity index (χ0n) is 14.1. The third kappa shape index (κ3) is 4.89. The Balaban J connectivity index is 1.58. The molecule has 0 aliphatic carbocycles. The fourth-order valence-electron chi connectivity index (χ4n) is 2.09. The summed E-state index contributed by atoms with van der Waals surface area (Å²) in [6.07, 6.45) is 0. The maximum absolute atomic E-state index is 12.2. The van der Waals surface area contributed by atoms with Crippen molar-refractivity contribution in [3.8, 4) is 5.75 Å². The van der Waals surface area contributed by atoms with E-state index in [1.54, 1.807) is 55.6 Å². The van der Waals surface area contributed by atoms with Crippen molar-refractivity contribution in [3.05, 3.63) is 68.6 Å². The molecule has 1 aromatic heterocycles. The highest BCUT2D eigenvalue weighted by Crippen LogP contribution is 2.19. The Kier molecular flexibility index (Phi) is 6.15. The minimum Gasteiger partial charge on any atom is -0.497 e. The smallest absolute Gasteiger partial charge is 0.339 e. The minimum absolute atomic E-state index is 0.0619. The summed E-state index contributed by atoms with van der Waals surface area (Å²) in [6.45, 7) is -0.0619. The Bertz CT molecular complexity index is 959. The summed E-state index contributed by atoms with van der Waals surface area (Å²) in [5.41, 5.74) is 1.03. The lowest BCUT2D eigenvalue weighted by atomic mass is 10.2. The normalized spacial score (nSPS) is 10.3. The van der Waals surface area contributed by atoms with Gasteiger partial charge < -0.3 is 14.8 Å². The van der Waals surface area contributed by atoms with Crippen LogP contribution in [0.1, 0.15) is 25.2 Å². The number of ether oxygens (including phenoxy) is 2. The summed E-state index contributed by atoms with van der Waals surface area (Å²) in [6, 6.07) is 13.9. The highest BCUT2D eigenvalue weighted by atomic mass is 79.9. The molecule has 0 saturated heterocycles. The first-order chi connectivity index (χ1) is 13.1. The van der Waals surface area contributed by atoms with Crippen LogP contribution in [0.15, 0.2) is 53.0 Å². The molecule has 0 unspecified atom stereocenters. The van der Waals surface area contributed by atoms with Crippen molar-refractivity contribution in [1.82, 2.24) is 10.2 Å². The van der Waals surface area contributed by atoms with Crippen LogP contribution in [-0.4, -0.2) is 29.2 Å². The van der Waals surface area contributed by atoms with Gasteiger partial charge in [0.05, 0.1) is 12.7 Å². The first-order valence-corrected chi connectivity index (χ1v) is 9.37. The molecule has 2 aromatic carbocycles. The molecule has 1 N–H and O–H groups in total. The Morgan fingerprint density at radius 2 is 1.85 bits per heavy atom. The lowest BCUT2D eigenvalue weighted by molar-refractivity contribution is 0.0470. The number of hydrogen-bond donors (Lipinski definition) is 1. The quantitative estimate of drug-likeness (QED) is 0.575. The number of esters is 1. The number of nitrogens with zero attached hydrogens (tertiary/aromatic N) is 2. The number of carbonyl (C=O) groups is 2. The average molecular weight is 448 g/mol. The Morgan fingerprint density at radius 3 is 2.56 bits per heavy atom. The SMILES string of the molecule is COc1ccc(NC(=O)c2nnc(COC(=O)c3ccccc3Br)s2)cc1. The van der Waals surface area contributed by atoms with E-state index in [0.29, 0.717) is 26.5 Å². The molecule has 0 atom stereocenters. The standard InChI is InChI=1S/C18H14BrN3O4S/c1-25-12-8-6-11(7-9-12)20-16(23)17-22-21-15(27-17)10-26-18(24)13-4-2-3-5-14(13)19/h2-9H,10H2,1H3,(H,20,23). The number of benzene rings is 2. The molecule has 0 bridgehead atoms. The molecule has 0 radical (unpaired) electrons. The van der Waals surface area contributed by atoms with Crippen molar-refractivity contribution >= 4 is 44.8 Å². The van der Waals surface area contributed by atoms with Gasteiger partial charge in [-0.15, -0.1) is 10.2 Å². The number of anilines is 1. The van der Waals surface area contributed by atoms with Gasteiger partial charge >= 0.3 is 5.97 Å². The molecule has 0 saturated carbocycles. The monoisotopic (exact) mass is 447 g/mol. The van der Waals surface area contributed by atoms with Crippen LogP contribution in [-0.2, 0) is 11.3 Å². The van der Waals surface area contributed by atoms with Crippen LogP contribution >= 0.6 is 27.3 Å². The third-order valence-corrected chi connectivity index (χ3v) is 5.02. The van der Waals surface area contributed by atoms with E-state index in [1.165, 1.54) is 0 Å². The zero-order chi connectivity index (χ0) is 19.2. The lowest BCUT2D eigenvalue weighted by Gasteiger charge is -2.04. The van der Waals surface area contributed by atoms with Crippen LogP contribution in [0.25, 0.3) is 0 Å². The molecular formula is C18H14BrN3O4S. The van der Waals surface area contributed by atoms with E-state index < -0.39 is 5.97 Å². The van der Waals surface area contributed by atoms with Gasteiger partial charge in [-0.05, 0) is 52.3 Å². The average Bonchev–Trinajstić information content (AvgIpc) is 3.16. The van der Waals surface area contributed by atoms with Gasteiger partial charge in [-0.2, -0.15) is 0 Å². The van der Waals surface area contributed by atoms with Crippen LogP contribution < -0.4 is 10.1 Å². The number of amides is 1. The molecule has 1 amide bonds. The molecule has 0 fully saturated rings. The molecule has 27 heavy (non-hydrogen) atoms. The van der Waals surface area contributed by atoms with E-state index in [-0.39, 0.29) is 17.5 Å². The topological polar surface area (TPSA) is 90.4 Å². The number of hydrogen-bond acceptors (Lipinski definition) is 7. The van der Waals surface area contributed by atoms with Crippen LogP contribution in [0.3, 0.4) is 0 Å². The summed E-state index contributed by atoms with van der Waals surface area (Å²) >= 11 is 4.36. The second kappa shape index (κ2) is 8.74. The first kappa shape index (κ1) is 19.0. The van der Waals surface area contributed by atoms with Crippen LogP contribution in [0, 0.1) is 0 Å². The summed E-state index contributed by atoms with van der Waals surface area (Å²) in [7, 11) is 1.57. The van der Waals surface area contributed by atoms with E-state index in [1.807, 2.05) is 0 Å². The van der Waals surface area contributed by atoms with Gasteiger partial charge in [-0.3, -0.25) is 4.79 Å². The van der Waals surface area contributed by atoms with Gasteiger partial charge in [0.2, 0.25) is 5.01 Å². The Hall–Kier alpha value is -2.78. The fraction of sp³-hybridized carbons (Fsp3) is 0.111. The molecule has 138 valence electrons. The van der Waals surface area contributed by atoms with E-state index in [0.717, 1.165) is 11.3 Å². The van der Waals surface area contributed by atoms with Crippen LogP contribution in [0.5, 0.6) is 5.75 Å². The third-order valence-electron chi connectivity index (χ3n) is 3.43. The van der Waals surface area contributed by atoms with Gasteiger partial charge in [-0.1, -0.05) is 23.5 Å². The number of aromatic nitrogens is 2. The van der Waals surface area contributed by atoms with Crippen molar-refractivity contribution in [2.75, 3.05) is 12.4 Å². The highest BCUT2D eigenvalue weighted by molar-refractivity contribution is 9.10. The van der Waals surface area contributed by atoms with E-state index in [2.05, 4.69) is 31.4 Å². The van der Waals surface area contributed by atoms with Crippen molar-refractivity contribution in [2.45, 2.75) is 6.61 Å². The zero-order valence-corrected chi connectivity index (χ0v) is 16.5. The Labute approximate surface area is 167 Å². The summed E-state index contributed by atoms with van der Waals surface area (Å²) in [5, 5.41) is 11.1. The number of carbonyl (C=O) groups excluding carboxylic acids is 2. The first-order valence-electron chi connectivity index (χ1n) is 7.76. The van der Waals surface area contributed by atoms with Crippen molar-refractivity contribution in [1.29, 1.82) is 0 Å². The van der Waals surface area contributed by atoms with Gasteiger partial charge in [0.25, 0.3) is 5.91 Å². The molecule has 7 nitrogen and oxygen atoms in total. The Morgan fingerprint density at radius 1 is 1.11 bits per heavy atom. The summed E-state index contributed by atoms with van der Waals surface area (Å²) in [4.78, 5) is 24.3. The molecule has 0 aliphatic rings. The van der Waals surface area contributed by atoms with Crippen molar-refractivity contribution < 1.29 is 19.1 Å². The molecule has 1 heterocycles. The van der Waals surface area contributed by atoms with Gasteiger partial charge in [0.1, 0.15) is 12.4 Å². The molecule has 0 spiro atoms. The predicted molar refractivity (Wildman–Crippen MR) is 104 cm³/mol. The summed E-state index contributed by atoms with van der Waals surface area (Å²) in [5.74, 6) is -0.180. The molecule has 9 heteroatoms. The van der Waals surface area contributed by atoms with Gasteiger partial charge in [-0.25, -0.2) is 4.79 Å². The largest absolute Gasteiger partial charge is 0.497 e. The molecule has 3 aromatic rings. The lowest BCUT2D eigenvalue weighted by Crippen LogP contribution is -2.11. The van der Waals surface area contributed by atoms with Gasteiger partial charge in [0, 0.05) is 10.2 Å². The maximum atomic E-state index is 12.2. The minimum atomic E-state index is -0.484. The second-order valence-electron chi connectivity index (χ2n) is 5.24. The van der Waals surface area contributed by atoms with Crippen LogP contribution in [0.4, 0.5) is 5.69 Å². The number of rotatable bonds is 6. The second-order valence-corrected chi connectivity index (χ2v) is 7.16. The molecule has 3 rings (SSSR count). The maximum Gasteiger partial charge on any atom is 0.339 e. The number of methoxy groups -OCH3 is 1. The fourth-order valence-corrected chi connectivity index (χ4v) is 3.19. The van der Waals surface area contributed by atoms with E-state index in [9.17, 15) is 9.59 Å². The number of nitrogens with one attached hydrogen (secondary N) is 1. The van der Waals surface area contributed by atoms with Crippen LogP contribution in [0.2, 0.25) is 0 Å². The molecular weight excluding hydrogens is 434 g/mol.